The average Bonchev–Trinajstić information content (AvgIpc) is 2.68. The van der Waals surface area contributed by atoms with Crippen molar-refractivity contribution in [1.29, 1.82) is 0 Å². The minimum absolute atomic E-state index is 0.232. The van der Waals surface area contributed by atoms with Crippen molar-refractivity contribution in [3.05, 3.63) is 41.9 Å². The van der Waals surface area contributed by atoms with Crippen LogP contribution in [0, 0.1) is 6.92 Å². The van der Waals surface area contributed by atoms with Crippen molar-refractivity contribution in [2.45, 2.75) is 27.2 Å². The molecule has 2 rings (SSSR count). The van der Waals surface area contributed by atoms with Gasteiger partial charge in [0, 0.05) is 44.7 Å². The molecule has 0 bridgehead atoms. The van der Waals surface area contributed by atoms with Gasteiger partial charge in [0.15, 0.2) is 0 Å². The fraction of sp³-hybridized carbons (Fsp3) is 0.450. The minimum Gasteiger partial charge on any atom is -0.385 e. The fourth-order valence-electron chi connectivity index (χ4n) is 2.73. The van der Waals surface area contributed by atoms with Crippen LogP contribution < -0.4 is 15.5 Å². The zero-order chi connectivity index (χ0) is 19.6. The van der Waals surface area contributed by atoms with E-state index in [0.29, 0.717) is 24.7 Å². The van der Waals surface area contributed by atoms with Crippen LogP contribution in [0.3, 0.4) is 0 Å². The predicted molar refractivity (Wildman–Crippen MR) is 109 cm³/mol. The second-order valence-electron chi connectivity index (χ2n) is 6.19. The van der Waals surface area contributed by atoms with E-state index in [1.165, 1.54) is 11.9 Å². The molecule has 1 heterocycles. The van der Waals surface area contributed by atoms with E-state index in [9.17, 15) is 4.79 Å². The number of carbonyl (C=O) groups excluding carboxylic acids is 1. The Morgan fingerprint density at radius 3 is 2.56 bits per heavy atom. The summed E-state index contributed by atoms with van der Waals surface area (Å²) < 4.78 is 4.95. The van der Waals surface area contributed by atoms with Gasteiger partial charge in [0.2, 0.25) is 0 Å². The van der Waals surface area contributed by atoms with Gasteiger partial charge in [-0.25, -0.2) is 9.97 Å². The van der Waals surface area contributed by atoms with Gasteiger partial charge in [-0.1, -0.05) is 0 Å². The van der Waals surface area contributed by atoms with Crippen LogP contribution in [-0.2, 0) is 4.74 Å². The van der Waals surface area contributed by atoms with Crippen LogP contribution in [0.25, 0.3) is 0 Å². The summed E-state index contributed by atoms with van der Waals surface area (Å²) in [5.74, 6) is 0.370. The molecule has 0 unspecified atom stereocenters. The van der Waals surface area contributed by atoms with Crippen molar-refractivity contribution in [3.63, 3.8) is 0 Å². The first-order valence-electron chi connectivity index (χ1n) is 9.30. The molecule has 7 nitrogen and oxygen atoms in total. The summed E-state index contributed by atoms with van der Waals surface area (Å²) in [4.78, 5) is 22.8. The van der Waals surface area contributed by atoms with E-state index in [4.69, 9.17) is 4.74 Å². The Balaban J connectivity index is 1.99. The number of benzene rings is 1. The number of aryl methyl sites for hydroxylation is 1. The lowest BCUT2D eigenvalue weighted by molar-refractivity contribution is 0.0943. The number of amides is 1. The van der Waals surface area contributed by atoms with E-state index in [0.717, 1.165) is 30.8 Å². The van der Waals surface area contributed by atoms with Crippen molar-refractivity contribution in [2.24, 2.45) is 0 Å². The summed E-state index contributed by atoms with van der Waals surface area (Å²) in [6.45, 7) is 9.47. The number of aromatic nitrogens is 2. The molecule has 146 valence electrons. The first-order valence-corrected chi connectivity index (χ1v) is 9.30. The molecule has 0 radical (unpaired) electrons. The number of ether oxygens (including phenoxy) is 1. The molecule has 0 saturated carbocycles. The van der Waals surface area contributed by atoms with Gasteiger partial charge in [-0.15, -0.1) is 0 Å². The molecule has 0 aliphatic rings. The van der Waals surface area contributed by atoms with Crippen molar-refractivity contribution in [3.8, 4) is 0 Å². The third-order valence-electron chi connectivity index (χ3n) is 4.30. The van der Waals surface area contributed by atoms with E-state index in [1.54, 1.807) is 13.3 Å². The maximum atomic E-state index is 12.0. The van der Waals surface area contributed by atoms with Gasteiger partial charge in [0.1, 0.15) is 11.5 Å². The van der Waals surface area contributed by atoms with E-state index in [2.05, 4.69) is 58.4 Å². The Kier molecular flexibility index (Phi) is 8.00. The Hall–Kier alpha value is -2.67. The summed E-state index contributed by atoms with van der Waals surface area (Å²) >= 11 is 0. The fourth-order valence-corrected chi connectivity index (χ4v) is 2.73. The lowest BCUT2D eigenvalue weighted by Gasteiger charge is -2.22. The molecule has 0 aliphatic heterocycles. The number of carbonyl (C=O) groups is 1. The van der Waals surface area contributed by atoms with E-state index in [-0.39, 0.29) is 5.91 Å². The van der Waals surface area contributed by atoms with Crippen LogP contribution in [-0.4, -0.2) is 49.2 Å². The SMILES string of the molecule is CCN(CC)c1ccc(Nc2cnc(C(=O)NCCCOC)cn2)c(C)c1. The van der Waals surface area contributed by atoms with Crippen molar-refractivity contribution in [2.75, 3.05) is 43.6 Å². The normalized spacial score (nSPS) is 10.5. The van der Waals surface area contributed by atoms with Crippen molar-refractivity contribution >= 4 is 23.1 Å². The molecule has 0 aliphatic carbocycles. The quantitative estimate of drug-likeness (QED) is 0.625. The lowest BCUT2D eigenvalue weighted by Crippen LogP contribution is -2.26. The topological polar surface area (TPSA) is 79.4 Å². The third kappa shape index (κ3) is 5.92. The van der Waals surface area contributed by atoms with Crippen LogP contribution >= 0.6 is 0 Å². The smallest absolute Gasteiger partial charge is 0.271 e. The summed E-state index contributed by atoms with van der Waals surface area (Å²) in [6.07, 6.45) is 3.81. The maximum absolute atomic E-state index is 12.0. The molecule has 0 spiro atoms. The predicted octanol–water partition coefficient (Wildman–Crippen LogP) is 3.14. The van der Waals surface area contributed by atoms with Crippen LogP contribution in [0.2, 0.25) is 0 Å². The molecule has 2 aromatic rings. The van der Waals surface area contributed by atoms with Gasteiger partial charge in [-0.05, 0) is 51.0 Å². The Labute approximate surface area is 161 Å². The van der Waals surface area contributed by atoms with Crippen LogP contribution in [0.15, 0.2) is 30.6 Å². The first-order chi connectivity index (χ1) is 13.1. The molecule has 0 fully saturated rings. The van der Waals surface area contributed by atoms with Crippen LogP contribution in [0.1, 0.15) is 36.3 Å². The molecule has 2 N–H and O–H groups in total. The highest BCUT2D eigenvalue weighted by Gasteiger charge is 2.09. The highest BCUT2D eigenvalue weighted by atomic mass is 16.5. The summed E-state index contributed by atoms with van der Waals surface area (Å²) in [5, 5.41) is 6.05. The molecule has 7 heteroatoms. The Bertz CT molecular complexity index is 730. The first kappa shape index (κ1) is 20.6. The number of rotatable bonds is 10. The van der Waals surface area contributed by atoms with E-state index >= 15 is 0 Å². The van der Waals surface area contributed by atoms with Crippen LogP contribution in [0.4, 0.5) is 17.2 Å². The largest absolute Gasteiger partial charge is 0.385 e. The molecule has 0 atom stereocenters. The monoisotopic (exact) mass is 371 g/mol. The highest BCUT2D eigenvalue weighted by molar-refractivity contribution is 5.92. The number of anilines is 3. The number of methoxy groups -OCH3 is 1. The summed E-state index contributed by atoms with van der Waals surface area (Å²) in [6, 6.07) is 6.29. The molecule has 1 aromatic carbocycles. The van der Waals surface area contributed by atoms with E-state index < -0.39 is 0 Å². The second-order valence-corrected chi connectivity index (χ2v) is 6.19. The van der Waals surface area contributed by atoms with Crippen molar-refractivity contribution < 1.29 is 9.53 Å². The van der Waals surface area contributed by atoms with Crippen molar-refractivity contribution in [1.82, 2.24) is 15.3 Å². The number of hydrogen-bond acceptors (Lipinski definition) is 6. The zero-order valence-corrected chi connectivity index (χ0v) is 16.6. The van der Waals surface area contributed by atoms with Crippen LogP contribution in [0.5, 0.6) is 0 Å². The molecular weight excluding hydrogens is 342 g/mol. The maximum Gasteiger partial charge on any atom is 0.271 e. The Morgan fingerprint density at radius 1 is 1.19 bits per heavy atom. The van der Waals surface area contributed by atoms with Gasteiger partial charge in [0.25, 0.3) is 5.91 Å². The van der Waals surface area contributed by atoms with E-state index in [1.807, 2.05) is 6.07 Å². The molecule has 1 aromatic heterocycles. The highest BCUT2D eigenvalue weighted by Crippen LogP contribution is 2.24. The Morgan fingerprint density at radius 2 is 1.96 bits per heavy atom. The molecule has 0 saturated heterocycles. The van der Waals surface area contributed by atoms with Gasteiger partial charge in [-0.2, -0.15) is 0 Å². The second kappa shape index (κ2) is 10.5. The zero-order valence-electron chi connectivity index (χ0n) is 16.6. The summed E-state index contributed by atoms with van der Waals surface area (Å²) in [7, 11) is 1.64. The third-order valence-corrected chi connectivity index (χ3v) is 4.30. The lowest BCUT2D eigenvalue weighted by atomic mass is 10.1. The molecule has 27 heavy (non-hydrogen) atoms. The van der Waals surface area contributed by atoms with Gasteiger partial charge in [-0.3, -0.25) is 4.79 Å². The average molecular weight is 371 g/mol. The summed E-state index contributed by atoms with van der Waals surface area (Å²) in [5.41, 5.74) is 3.60. The van der Waals surface area contributed by atoms with Gasteiger partial charge >= 0.3 is 0 Å². The van der Waals surface area contributed by atoms with Gasteiger partial charge < -0.3 is 20.3 Å². The number of nitrogens with one attached hydrogen (secondary N) is 2. The standard InChI is InChI=1S/C20H29N5O2/c1-5-25(6-2)16-8-9-17(15(3)12-16)24-19-14-22-18(13-23-19)20(26)21-10-7-11-27-4/h8-9,12-14H,5-7,10-11H2,1-4H3,(H,21,26)(H,23,24). The number of hydrogen-bond donors (Lipinski definition) is 2. The molecular formula is C20H29N5O2. The minimum atomic E-state index is -0.232. The van der Waals surface area contributed by atoms with Gasteiger partial charge in [0.05, 0.1) is 12.4 Å². The number of nitrogens with zero attached hydrogens (tertiary/aromatic N) is 3. The molecule has 1 amide bonds.